The molecule has 1 N–H and O–H groups in total. The van der Waals surface area contributed by atoms with Crippen LogP contribution in [-0.2, 0) is 43.8 Å². The van der Waals surface area contributed by atoms with Gasteiger partial charge in [-0.3, -0.25) is 9.69 Å². The fourth-order valence-electron chi connectivity index (χ4n) is 6.31. The zero-order valence-electron chi connectivity index (χ0n) is 32.6. The minimum atomic E-state index is -3.92. The van der Waals surface area contributed by atoms with Crippen molar-refractivity contribution in [2.75, 3.05) is 52.5 Å². The van der Waals surface area contributed by atoms with Crippen LogP contribution in [0.5, 0.6) is 0 Å². The summed E-state index contributed by atoms with van der Waals surface area (Å²) in [5, 5.41) is 7.36. The second kappa shape index (κ2) is 19.5. The van der Waals surface area contributed by atoms with Gasteiger partial charge in [-0.2, -0.15) is 8.61 Å². The van der Waals surface area contributed by atoms with Gasteiger partial charge in [0.15, 0.2) is 0 Å². The van der Waals surface area contributed by atoms with Crippen molar-refractivity contribution in [2.24, 2.45) is 0 Å². The number of piperazine rings is 2. The van der Waals surface area contributed by atoms with E-state index in [9.17, 15) is 31.2 Å². The predicted octanol–water partition coefficient (Wildman–Crippen LogP) is 6.11. The summed E-state index contributed by atoms with van der Waals surface area (Å²) in [5.41, 5.74) is -0.756. The van der Waals surface area contributed by atoms with Crippen molar-refractivity contribution in [1.29, 1.82) is 0 Å². The Labute approximate surface area is 355 Å². The van der Waals surface area contributed by atoms with Crippen LogP contribution >= 0.6 is 35.6 Å². The number of fused-ring (bicyclic) bond motifs is 2. The first-order chi connectivity index (χ1) is 26.8. The Morgan fingerprint density at radius 3 is 1.66 bits per heavy atom. The maximum Gasteiger partial charge on any atom is 0.411 e. The van der Waals surface area contributed by atoms with E-state index < -0.39 is 55.8 Å². The van der Waals surface area contributed by atoms with Crippen molar-refractivity contribution in [3.8, 4) is 0 Å². The summed E-state index contributed by atoms with van der Waals surface area (Å²) >= 11 is 12.0. The lowest BCUT2D eigenvalue weighted by Crippen LogP contribution is -2.60. The molecule has 14 nitrogen and oxygen atoms in total. The van der Waals surface area contributed by atoms with Gasteiger partial charge >= 0.3 is 18.0 Å². The molecule has 0 radical (unpaired) electrons. The third-order valence-corrected chi connectivity index (χ3v) is 13.3. The lowest BCUT2D eigenvalue weighted by Gasteiger charge is -2.39. The highest BCUT2D eigenvalue weighted by atomic mass is 35.5. The molecule has 0 spiro atoms. The molecule has 0 aromatic heterocycles. The number of hydrogen-bond donors (Lipinski definition) is 1. The minimum absolute atomic E-state index is 0. The molecular weight excluding hydrogens is 855 g/mol. The average molecular weight is 902 g/mol. The fraction of sp³-hybridized carbons (Fsp3) is 0.410. The Kier molecular flexibility index (Phi) is 15.8. The van der Waals surface area contributed by atoms with Crippen molar-refractivity contribution in [1.82, 2.24) is 18.8 Å². The molecule has 2 saturated heterocycles. The summed E-state index contributed by atoms with van der Waals surface area (Å²) in [6, 6.07) is 18.4. The molecule has 2 fully saturated rings. The highest BCUT2D eigenvalue weighted by Gasteiger charge is 2.42. The van der Waals surface area contributed by atoms with Crippen LogP contribution in [0.4, 0.5) is 4.79 Å². The van der Waals surface area contributed by atoms with Crippen molar-refractivity contribution in [3.05, 3.63) is 82.8 Å². The smallest absolute Gasteiger partial charge is 0.411 e. The number of sulfonamides is 2. The summed E-state index contributed by atoms with van der Waals surface area (Å²) in [6.45, 7) is 9.45. The summed E-state index contributed by atoms with van der Waals surface area (Å²) in [4.78, 5) is 38.7. The number of ether oxygens (including phenoxy) is 3. The van der Waals surface area contributed by atoms with Crippen molar-refractivity contribution < 1.29 is 45.4 Å². The molecule has 0 aliphatic carbocycles. The third kappa shape index (κ3) is 11.3. The molecule has 19 heteroatoms. The predicted molar refractivity (Wildman–Crippen MR) is 224 cm³/mol. The minimum Gasteiger partial charge on any atom is -0.465 e. The van der Waals surface area contributed by atoms with Crippen molar-refractivity contribution in [2.45, 2.75) is 62.1 Å². The van der Waals surface area contributed by atoms with E-state index >= 15 is 0 Å². The van der Waals surface area contributed by atoms with E-state index in [-0.39, 0.29) is 61.6 Å². The van der Waals surface area contributed by atoms with E-state index in [1.54, 1.807) is 101 Å². The zero-order valence-corrected chi connectivity index (χ0v) is 36.6. The molecule has 2 aliphatic heterocycles. The first-order valence-corrected chi connectivity index (χ1v) is 21.9. The van der Waals surface area contributed by atoms with Gasteiger partial charge in [-0.25, -0.2) is 26.4 Å². The quantitative estimate of drug-likeness (QED) is 0.160. The monoisotopic (exact) mass is 900 g/mol. The number of carbonyl (C=O) groups excluding carboxylic acids is 3. The number of esters is 2. The summed E-state index contributed by atoms with van der Waals surface area (Å²) in [7, 11) is -7.61. The van der Waals surface area contributed by atoms with E-state index in [1.807, 2.05) is 0 Å². The van der Waals surface area contributed by atoms with E-state index in [4.69, 9.17) is 37.4 Å². The second-order valence-electron chi connectivity index (χ2n) is 14.2. The summed E-state index contributed by atoms with van der Waals surface area (Å²) in [5.74, 6) is -1.11. The molecule has 1 amide bonds. The molecule has 2 heterocycles. The molecule has 316 valence electrons. The topological polar surface area (TPSA) is 169 Å². The molecule has 58 heavy (non-hydrogen) atoms. The largest absolute Gasteiger partial charge is 0.465 e. The number of halogens is 3. The molecule has 0 saturated carbocycles. The standard InChI is InChI=1S/C22H27ClN2O6S.C17H19ClN2O4S.ClH/c1-5-30-20(26)19-14-24(10-11-25(19)21(27)31-22(2,3)4)32(28,29)18-9-7-15-12-17(23)8-6-16(15)13-18;1-2-24-17(21)16-11-20(8-7-19-16)25(22,23)15-6-4-12-9-14(18)5-3-13(12)10-15;/h6-9,12-13,19H,5,10-11,14H2,1-4H3;3-6,9-10,16,19H,2,7-8,11H2,1H3;1H. The number of hydrogen-bond acceptors (Lipinski definition) is 11. The van der Waals surface area contributed by atoms with E-state index in [1.165, 1.54) is 19.6 Å². The molecular formula is C39H47Cl3N4O10S2. The van der Waals surface area contributed by atoms with Crippen LogP contribution in [0.15, 0.2) is 82.6 Å². The Hall–Kier alpha value is -3.74. The number of nitrogens with zero attached hydrogens (tertiary/aromatic N) is 3. The Balaban J connectivity index is 0.000000259. The van der Waals surface area contributed by atoms with Crippen LogP contribution < -0.4 is 5.32 Å². The number of amides is 1. The first-order valence-electron chi connectivity index (χ1n) is 18.3. The van der Waals surface area contributed by atoms with Gasteiger partial charge in [0, 0.05) is 49.3 Å². The van der Waals surface area contributed by atoms with Crippen LogP contribution in [0.1, 0.15) is 34.6 Å². The molecule has 0 bridgehead atoms. The Morgan fingerprint density at radius 1 is 0.690 bits per heavy atom. The number of carbonyl (C=O) groups is 3. The second-order valence-corrected chi connectivity index (χ2v) is 19.0. The first kappa shape index (κ1) is 46.9. The van der Waals surface area contributed by atoms with Crippen LogP contribution in [0, 0.1) is 0 Å². The van der Waals surface area contributed by atoms with Gasteiger partial charge in [-0.05, 0) is 105 Å². The molecule has 6 rings (SSSR count). The molecule has 4 aromatic rings. The molecule has 2 unspecified atom stereocenters. The lowest BCUT2D eigenvalue weighted by molar-refractivity contribution is -0.151. The van der Waals surface area contributed by atoms with Gasteiger partial charge in [0.1, 0.15) is 17.7 Å². The molecule has 2 atom stereocenters. The summed E-state index contributed by atoms with van der Waals surface area (Å²) in [6.07, 6.45) is -0.685. The highest BCUT2D eigenvalue weighted by Crippen LogP contribution is 2.28. The van der Waals surface area contributed by atoms with Crippen LogP contribution in [0.2, 0.25) is 10.0 Å². The van der Waals surface area contributed by atoms with Gasteiger partial charge in [-0.15, -0.1) is 12.4 Å². The van der Waals surface area contributed by atoms with Crippen molar-refractivity contribution in [3.63, 3.8) is 0 Å². The normalized spacial score (nSPS) is 18.1. The number of rotatable bonds is 8. The molecule has 4 aromatic carbocycles. The lowest BCUT2D eigenvalue weighted by atomic mass is 10.1. The fourth-order valence-corrected chi connectivity index (χ4v) is 9.63. The average Bonchev–Trinajstić information content (AvgIpc) is 3.17. The van der Waals surface area contributed by atoms with Crippen LogP contribution in [0.25, 0.3) is 21.5 Å². The van der Waals surface area contributed by atoms with Crippen molar-refractivity contribution >= 4 is 95.2 Å². The van der Waals surface area contributed by atoms with E-state index in [2.05, 4.69) is 5.32 Å². The highest BCUT2D eigenvalue weighted by molar-refractivity contribution is 7.89. The van der Waals surface area contributed by atoms with E-state index in [0.717, 1.165) is 21.5 Å². The zero-order chi connectivity index (χ0) is 41.7. The SMILES string of the molecule is CCOC(=O)C1CN(S(=O)(=O)c2ccc3cc(Cl)ccc3c2)CCN1.CCOC(=O)C1CN(S(=O)(=O)c2ccc3cc(Cl)ccc3c2)CCN1C(=O)OC(C)(C)C.Cl. The molecule has 2 aliphatic rings. The summed E-state index contributed by atoms with van der Waals surface area (Å²) < 4.78 is 70.6. The number of nitrogens with one attached hydrogen (secondary N) is 1. The third-order valence-electron chi connectivity index (χ3n) is 9.06. The van der Waals surface area contributed by atoms with Gasteiger partial charge in [-0.1, -0.05) is 47.5 Å². The Bertz CT molecular complexity index is 2360. The van der Waals surface area contributed by atoms with Gasteiger partial charge in [0.25, 0.3) is 0 Å². The van der Waals surface area contributed by atoms with Crippen LogP contribution in [0.3, 0.4) is 0 Å². The van der Waals surface area contributed by atoms with Crippen LogP contribution in [-0.4, -0.2) is 119 Å². The maximum absolute atomic E-state index is 13.3. The van der Waals surface area contributed by atoms with Gasteiger partial charge < -0.3 is 19.5 Å². The van der Waals surface area contributed by atoms with Gasteiger partial charge in [0.05, 0.1) is 23.0 Å². The Morgan fingerprint density at radius 2 is 1.16 bits per heavy atom. The van der Waals surface area contributed by atoms with Gasteiger partial charge in [0.2, 0.25) is 20.0 Å². The van der Waals surface area contributed by atoms with E-state index in [0.29, 0.717) is 23.1 Å². The maximum atomic E-state index is 13.3. The number of benzene rings is 4.